The summed E-state index contributed by atoms with van der Waals surface area (Å²) >= 11 is 0. The van der Waals surface area contributed by atoms with Gasteiger partial charge in [-0.1, -0.05) is 13.0 Å². The van der Waals surface area contributed by atoms with Crippen molar-refractivity contribution < 1.29 is 4.39 Å². The van der Waals surface area contributed by atoms with Gasteiger partial charge in [-0.05, 0) is 60.5 Å². The van der Waals surface area contributed by atoms with Crippen LogP contribution in [0.3, 0.4) is 0 Å². The fourth-order valence-corrected chi connectivity index (χ4v) is 2.78. The van der Waals surface area contributed by atoms with Crippen molar-refractivity contribution in [2.75, 3.05) is 5.32 Å². The van der Waals surface area contributed by atoms with Crippen LogP contribution in [-0.2, 0) is 6.42 Å². The molecule has 0 bridgehead atoms. The van der Waals surface area contributed by atoms with E-state index in [1.807, 2.05) is 18.2 Å². The third-order valence-electron chi connectivity index (χ3n) is 4.22. The number of hydrogen-bond donors (Lipinski definition) is 1. The Labute approximate surface area is 151 Å². The largest absolute Gasteiger partial charge is 0.338 e. The Morgan fingerprint density at radius 1 is 0.885 bits per heavy atom. The number of aromatic nitrogens is 1. The molecule has 0 atom stereocenters. The van der Waals surface area contributed by atoms with Gasteiger partial charge in [0, 0.05) is 23.5 Å². The number of nitrogens with one attached hydrogen (secondary N) is 1. The topological polar surface area (TPSA) is 49.6 Å². The highest BCUT2D eigenvalue weighted by molar-refractivity contribution is 6.19. The Morgan fingerprint density at radius 2 is 1.65 bits per heavy atom. The molecule has 26 heavy (non-hydrogen) atoms. The summed E-state index contributed by atoms with van der Waals surface area (Å²) in [7, 11) is 0. The lowest BCUT2D eigenvalue weighted by molar-refractivity contribution is 0.628. The Hall–Kier alpha value is -3.34. The number of aliphatic imine (C=N–C) groups is 2. The Kier molecular flexibility index (Phi) is 4.27. The minimum absolute atomic E-state index is 0.285. The number of rotatable bonds is 3. The number of benzene rings is 2. The van der Waals surface area contributed by atoms with Crippen molar-refractivity contribution in [3.05, 3.63) is 89.5 Å². The number of anilines is 1. The average Bonchev–Trinajstić information content (AvgIpc) is 2.88. The SMILES string of the molecule is CCc1ccc2c(c1)NC(c1ccncc1)=NC(c1ccc(F)cc1)=N2. The maximum atomic E-state index is 13.3. The first-order chi connectivity index (χ1) is 12.7. The average molecular weight is 344 g/mol. The number of pyridine rings is 1. The summed E-state index contributed by atoms with van der Waals surface area (Å²) in [6.45, 7) is 2.11. The van der Waals surface area contributed by atoms with Gasteiger partial charge >= 0.3 is 0 Å². The van der Waals surface area contributed by atoms with E-state index < -0.39 is 0 Å². The van der Waals surface area contributed by atoms with Gasteiger partial charge in [-0.25, -0.2) is 14.4 Å². The normalized spacial score (nSPS) is 13.2. The molecule has 1 aliphatic rings. The van der Waals surface area contributed by atoms with E-state index in [1.165, 1.54) is 17.7 Å². The first-order valence-corrected chi connectivity index (χ1v) is 8.46. The lowest BCUT2D eigenvalue weighted by Crippen LogP contribution is -2.15. The first kappa shape index (κ1) is 16.1. The van der Waals surface area contributed by atoms with E-state index in [9.17, 15) is 4.39 Å². The van der Waals surface area contributed by atoms with Crippen LogP contribution >= 0.6 is 0 Å². The molecule has 2 aromatic carbocycles. The van der Waals surface area contributed by atoms with E-state index in [-0.39, 0.29) is 5.82 Å². The van der Waals surface area contributed by atoms with Crippen molar-refractivity contribution in [1.29, 1.82) is 0 Å². The molecule has 5 heteroatoms. The maximum Gasteiger partial charge on any atom is 0.162 e. The molecule has 3 aromatic rings. The summed E-state index contributed by atoms with van der Waals surface area (Å²) in [5.74, 6) is 0.933. The predicted molar refractivity (Wildman–Crippen MR) is 103 cm³/mol. The summed E-state index contributed by atoms with van der Waals surface area (Å²) in [6, 6.07) is 16.1. The second-order valence-electron chi connectivity index (χ2n) is 5.97. The molecule has 128 valence electrons. The standard InChI is InChI=1S/C21H17FN4/c1-2-14-3-8-18-19(13-14)25-21(16-9-11-23-12-10-16)26-20(24-18)15-4-6-17(22)7-5-15/h3-13H,2H2,1H3,(H,24,25,26). The second-order valence-corrected chi connectivity index (χ2v) is 5.97. The van der Waals surface area contributed by atoms with Gasteiger partial charge in [-0.2, -0.15) is 0 Å². The molecule has 0 saturated heterocycles. The summed E-state index contributed by atoms with van der Waals surface area (Å²) in [5, 5.41) is 3.40. The van der Waals surface area contributed by atoms with Gasteiger partial charge in [0.1, 0.15) is 11.7 Å². The quantitative estimate of drug-likeness (QED) is 0.746. The van der Waals surface area contributed by atoms with Crippen LogP contribution in [0.5, 0.6) is 0 Å². The predicted octanol–water partition coefficient (Wildman–Crippen LogP) is 4.73. The maximum absolute atomic E-state index is 13.3. The van der Waals surface area contributed by atoms with E-state index in [4.69, 9.17) is 9.98 Å². The van der Waals surface area contributed by atoms with E-state index in [0.717, 1.165) is 28.9 Å². The second kappa shape index (κ2) is 6.88. The van der Waals surface area contributed by atoms with Gasteiger partial charge in [0.15, 0.2) is 5.84 Å². The van der Waals surface area contributed by atoms with Crippen molar-refractivity contribution in [3.63, 3.8) is 0 Å². The number of amidine groups is 2. The minimum atomic E-state index is -0.285. The highest BCUT2D eigenvalue weighted by Crippen LogP contribution is 2.30. The number of aryl methyl sites for hydroxylation is 1. The molecule has 0 spiro atoms. The molecule has 2 heterocycles. The van der Waals surface area contributed by atoms with Crippen LogP contribution in [0, 0.1) is 5.82 Å². The van der Waals surface area contributed by atoms with Crippen LogP contribution in [-0.4, -0.2) is 16.7 Å². The van der Waals surface area contributed by atoms with E-state index in [1.54, 1.807) is 24.5 Å². The van der Waals surface area contributed by atoms with Crippen molar-refractivity contribution in [2.24, 2.45) is 9.98 Å². The van der Waals surface area contributed by atoms with Crippen molar-refractivity contribution in [3.8, 4) is 0 Å². The fourth-order valence-electron chi connectivity index (χ4n) is 2.78. The lowest BCUT2D eigenvalue weighted by atomic mass is 10.1. The molecule has 4 rings (SSSR count). The minimum Gasteiger partial charge on any atom is -0.338 e. The fraction of sp³-hybridized carbons (Fsp3) is 0.0952. The summed E-state index contributed by atoms with van der Waals surface area (Å²) in [5.41, 5.74) is 4.58. The summed E-state index contributed by atoms with van der Waals surface area (Å²) in [4.78, 5) is 13.5. The number of nitrogens with zero attached hydrogens (tertiary/aromatic N) is 3. The molecule has 1 aromatic heterocycles. The number of hydrogen-bond acceptors (Lipinski definition) is 4. The van der Waals surface area contributed by atoms with Crippen molar-refractivity contribution in [2.45, 2.75) is 13.3 Å². The number of halogens is 1. The van der Waals surface area contributed by atoms with Gasteiger partial charge in [0.2, 0.25) is 0 Å². The highest BCUT2D eigenvalue weighted by atomic mass is 19.1. The molecule has 0 amide bonds. The molecule has 1 N–H and O–H groups in total. The van der Waals surface area contributed by atoms with Gasteiger partial charge in [0.25, 0.3) is 0 Å². The summed E-state index contributed by atoms with van der Waals surface area (Å²) < 4.78 is 13.3. The Morgan fingerprint density at radius 3 is 2.38 bits per heavy atom. The summed E-state index contributed by atoms with van der Waals surface area (Å²) in [6.07, 6.45) is 4.39. The molecular formula is C21H17FN4. The lowest BCUT2D eigenvalue weighted by Gasteiger charge is -2.10. The van der Waals surface area contributed by atoms with E-state index >= 15 is 0 Å². The number of fused-ring (bicyclic) bond motifs is 1. The van der Waals surface area contributed by atoms with Crippen LogP contribution in [0.2, 0.25) is 0 Å². The Bertz CT molecular complexity index is 992. The van der Waals surface area contributed by atoms with E-state index in [0.29, 0.717) is 11.7 Å². The zero-order valence-electron chi connectivity index (χ0n) is 14.3. The zero-order valence-corrected chi connectivity index (χ0v) is 14.3. The molecule has 1 aliphatic heterocycles. The highest BCUT2D eigenvalue weighted by Gasteiger charge is 2.15. The molecule has 0 unspecified atom stereocenters. The van der Waals surface area contributed by atoms with E-state index in [2.05, 4.69) is 29.4 Å². The van der Waals surface area contributed by atoms with Gasteiger partial charge < -0.3 is 5.32 Å². The van der Waals surface area contributed by atoms with Gasteiger partial charge in [0.05, 0.1) is 11.4 Å². The molecular weight excluding hydrogens is 327 g/mol. The van der Waals surface area contributed by atoms with Crippen LogP contribution < -0.4 is 5.32 Å². The van der Waals surface area contributed by atoms with Gasteiger partial charge in [-0.15, -0.1) is 0 Å². The molecule has 0 saturated carbocycles. The molecule has 0 fully saturated rings. The van der Waals surface area contributed by atoms with Gasteiger partial charge in [-0.3, -0.25) is 4.98 Å². The first-order valence-electron chi connectivity index (χ1n) is 8.46. The van der Waals surface area contributed by atoms with Crippen molar-refractivity contribution >= 4 is 23.0 Å². The molecule has 0 aliphatic carbocycles. The van der Waals surface area contributed by atoms with Crippen LogP contribution in [0.15, 0.2) is 77.0 Å². The third-order valence-corrected chi connectivity index (χ3v) is 4.22. The van der Waals surface area contributed by atoms with Crippen LogP contribution in [0.1, 0.15) is 23.6 Å². The Balaban J connectivity index is 1.88. The zero-order chi connectivity index (χ0) is 17.9. The third kappa shape index (κ3) is 3.24. The van der Waals surface area contributed by atoms with Crippen LogP contribution in [0.4, 0.5) is 15.8 Å². The monoisotopic (exact) mass is 344 g/mol. The van der Waals surface area contributed by atoms with Crippen molar-refractivity contribution in [1.82, 2.24) is 4.98 Å². The molecule has 0 radical (unpaired) electrons. The molecule has 4 nitrogen and oxygen atoms in total. The smallest absolute Gasteiger partial charge is 0.162 e. The van der Waals surface area contributed by atoms with Crippen LogP contribution in [0.25, 0.3) is 0 Å².